The number of halogens is 1. The van der Waals surface area contributed by atoms with E-state index in [4.69, 9.17) is 11.2 Å². The van der Waals surface area contributed by atoms with Crippen molar-refractivity contribution in [2.24, 2.45) is 0 Å². The fourth-order valence-corrected chi connectivity index (χ4v) is 0.822. The molecule has 0 aliphatic heterocycles. The molecule has 0 saturated heterocycles. The minimum Gasteiger partial charge on any atom is -0.0974 e. The molecule has 0 bridgehead atoms. The van der Waals surface area contributed by atoms with Crippen LogP contribution in [0.5, 0.6) is 0 Å². The molecule has 0 amide bonds. The Morgan fingerprint density at radius 3 is 1.88 bits per heavy atom. The lowest BCUT2D eigenvalue weighted by Gasteiger charge is -2.21. The summed E-state index contributed by atoms with van der Waals surface area (Å²) in [6.45, 7) is 9.98. The van der Waals surface area contributed by atoms with Gasteiger partial charge in [-0.2, -0.15) is 0 Å². The fourth-order valence-electron chi connectivity index (χ4n) is 0.274. The molecular weight excluding hydrogens is 138 g/mol. The predicted octanol–water partition coefficient (Wildman–Crippen LogP) is 3.56. The maximum atomic E-state index is 5.89. The Morgan fingerprint density at radius 1 is 1.50 bits per heavy atom. The van der Waals surface area contributed by atoms with Crippen molar-refractivity contribution >= 4 is 18.5 Å². The van der Waals surface area contributed by atoms with Gasteiger partial charge in [0, 0.05) is 7.27 Å². The maximum absolute atomic E-state index is 5.89. The average molecular weight is 151 g/mol. The Hall–Kier alpha value is 0.460. The summed E-state index contributed by atoms with van der Waals surface area (Å²) in [4.78, 5) is 0. The smallest absolute Gasteiger partial charge is 0.0187 e. The standard InChI is InChI=1S/C6H12ClP/c1-5-8(7)6(2,3)4/h5H,1H2,2-4H3. The quantitative estimate of drug-likeness (QED) is 0.502. The Kier molecular flexibility index (Phi) is 3.01. The highest BCUT2D eigenvalue weighted by Gasteiger charge is 2.17. The zero-order valence-electron chi connectivity index (χ0n) is 5.61. The molecule has 0 aliphatic rings. The SMILES string of the molecule is C=CP(Cl)C(C)(C)C. The summed E-state index contributed by atoms with van der Waals surface area (Å²) in [7, 11) is -0.483. The van der Waals surface area contributed by atoms with Crippen molar-refractivity contribution in [3.63, 3.8) is 0 Å². The zero-order valence-corrected chi connectivity index (χ0v) is 7.26. The van der Waals surface area contributed by atoms with Crippen LogP contribution in [0.1, 0.15) is 20.8 Å². The Labute approximate surface area is 57.5 Å². The van der Waals surface area contributed by atoms with Gasteiger partial charge in [0.1, 0.15) is 0 Å². The van der Waals surface area contributed by atoms with Gasteiger partial charge in [-0.05, 0) is 5.16 Å². The molecule has 0 radical (unpaired) electrons. The molecule has 0 spiro atoms. The molecule has 0 aliphatic carbocycles. The average Bonchev–Trinajstić information content (AvgIpc) is 1.62. The summed E-state index contributed by atoms with van der Waals surface area (Å²) < 4.78 is 0. The number of rotatable bonds is 1. The number of hydrogen-bond donors (Lipinski definition) is 0. The predicted molar refractivity (Wildman–Crippen MR) is 42.7 cm³/mol. The lowest BCUT2D eigenvalue weighted by Crippen LogP contribution is -2.06. The van der Waals surface area contributed by atoms with E-state index in [1.54, 1.807) is 0 Å². The van der Waals surface area contributed by atoms with Gasteiger partial charge in [0.2, 0.25) is 0 Å². The molecule has 0 rings (SSSR count). The van der Waals surface area contributed by atoms with Crippen molar-refractivity contribution in [3.8, 4) is 0 Å². The molecule has 0 N–H and O–H groups in total. The van der Waals surface area contributed by atoms with Crippen LogP contribution in [0, 0.1) is 0 Å². The highest BCUT2D eigenvalue weighted by atomic mass is 35.7. The van der Waals surface area contributed by atoms with E-state index in [-0.39, 0.29) is 5.16 Å². The third-order valence-corrected chi connectivity index (χ3v) is 4.34. The first-order valence-corrected chi connectivity index (χ1v) is 4.87. The first kappa shape index (κ1) is 8.46. The molecule has 0 aromatic rings. The van der Waals surface area contributed by atoms with Gasteiger partial charge >= 0.3 is 0 Å². The van der Waals surface area contributed by atoms with E-state index in [0.29, 0.717) is 0 Å². The van der Waals surface area contributed by atoms with E-state index in [0.717, 1.165) is 0 Å². The highest BCUT2D eigenvalue weighted by Crippen LogP contribution is 2.54. The van der Waals surface area contributed by atoms with E-state index in [2.05, 4.69) is 27.4 Å². The molecule has 1 atom stereocenters. The Balaban J connectivity index is 3.80. The highest BCUT2D eigenvalue weighted by molar-refractivity contribution is 7.87. The van der Waals surface area contributed by atoms with E-state index >= 15 is 0 Å². The molecule has 48 valence electrons. The molecule has 0 fully saturated rings. The van der Waals surface area contributed by atoms with Crippen LogP contribution in [0.3, 0.4) is 0 Å². The van der Waals surface area contributed by atoms with Gasteiger partial charge in [0.25, 0.3) is 0 Å². The zero-order chi connectivity index (χ0) is 6.78. The van der Waals surface area contributed by atoms with Crippen LogP contribution in [0.2, 0.25) is 0 Å². The van der Waals surface area contributed by atoms with Crippen LogP contribution in [0.25, 0.3) is 0 Å². The molecular formula is C6H12ClP. The van der Waals surface area contributed by atoms with Gasteiger partial charge in [-0.15, -0.1) is 0 Å². The second kappa shape index (κ2) is 2.85. The van der Waals surface area contributed by atoms with E-state index in [9.17, 15) is 0 Å². The van der Waals surface area contributed by atoms with Crippen molar-refractivity contribution in [1.29, 1.82) is 0 Å². The Bertz CT molecular complexity index is 83.0. The third kappa shape index (κ3) is 2.69. The normalized spacial score (nSPS) is 15.5. The fraction of sp³-hybridized carbons (Fsp3) is 0.667. The molecule has 2 heteroatoms. The van der Waals surface area contributed by atoms with Crippen molar-refractivity contribution in [1.82, 2.24) is 0 Å². The van der Waals surface area contributed by atoms with E-state index < -0.39 is 7.27 Å². The molecule has 0 aromatic heterocycles. The molecule has 0 saturated carbocycles. The summed E-state index contributed by atoms with van der Waals surface area (Å²) in [5.41, 5.74) is 0. The molecule has 0 aromatic carbocycles. The Morgan fingerprint density at radius 2 is 1.88 bits per heavy atom. The van der Waals surface area contributed by atoms with Gasteiger partial charge in [-0.1, -0.05) is 44.4 Å². The van der Waals surface area contributed by atoms with Crippen LogP contribution in [0.15, 0.2) is 12.4 Å². The van der Waals surface area contributed by atoms with E-state index in [1.165, 1.54) is 0 Å². The first-order chi connectivity index (χ1) is 3.48. The van der Waals surface area contributed by atoms with Crippen molar-refractivity contribution in [2.45, 2.75) is 25.9 Å². The summed E-state index contributed by atoms with van der Waals surface area (Å²) in [5, 5.41) is 0.221. The van der Waals surface area contributed by atoms with Crippen molar-refractivity contribution in [2.75, 3.05) is 0 Å². The summed E-state index contributed by atoms with van der Waals surface area (Å²) in [6, 6.07) is 0. The lowest BCUT2D eigenvalue weighted by molar-refractivity contribution is 0.796. The minimum atomic E-state index is -0.483. The first-order valence-electron chi connectivity index (χ1n) is 2.56. The van der Waals surface area contributed by atoms with Crippen LogP contribution in [-0.2, 0) is 0 Å². The van der Waals surface area contributed by atoms with Gasteiger partial charge in [-0.3, -0.25) is 0 Å². The van der Waals surface area contributed by atoms with Crippen LogP contribution in [0.4, 0.5) is 0 Å². The molecule has 8 heavy (non-hydrogen) atoms. The van der Waals surface area contributed by atoms with Gasteiger partial charge in [-0.25, -0.2) is 0 Å². The third-order valence-electron chi connectivity index (χ3n) is 0.801. The largest absolute Gasteiger partial charge is 0.0974 e. The second-order valence-electron chi connectivity index (χ2n) is 2.66. The molecule has 1 unspecified atom stereocenters. The maximum Gasteiger partial charge on any atom is 0.0187 e. The summed E-state index contributed by atoms with van der Waals surface area (Å²) in [5.74, 6) is 1.83. The van der Waals surface area contributed by atoms with Gasteiger partial charge in [0.15, 0.2) is 0 Å². The van der Waals surface area contributed by atoms with Crippen molar-refractivity contribution < 1.29 is 0 Å². The van der Waals surface area contributed by atoms with Crippen LogP contribution < -0.4 is 0 Å². The van der Waals surface area contributed by atoms with Gasteiger partial charge in [0.05, 0.1) is 0 Å². The minimum absolute atomic E-state index is 0.221. The summed E-state index contributed by atoms with van der Waals surface area (Å²) >= 11 is 5.89. The van der Waals surface area contributed by atoms with Crippen LogP contribution in [-0.4, -0.2) is 5.16 Å². The molecule has 0 nitrogen and oxygen atoms in total. The topological polar surface area (TPSA) is 0 Å². The number of hydrogen-bond acceptors (Lipinski definition) is 0. The summed E-state index contributed by atoms with van der Waals surface area (Å²) in [6.07, 6.45) is 0. The molecule has 0 heterocycles. The van der Waals surface area contributed by atoms with Crippen LogP contribution >= 0.6 is 18.5 Å². The van der Waals surface area contributed by atoms with E-state index in [1.807, 2.05) is 5.82 Å². The second-order valence-corrected chi connectivity index (χ2v) is 6.09. The van der Waals surface area contributed by atoms with Gasteiger partial charge < -0.3 is 0 Å². The lowest BCUT2D eigenvalue weighted by atomic mass is 10.3. The van der Waals surface area contributed by atoms with Crippen molar-refractivity contribution in [3.05, 3.63) is 12.4 Å². The monoisotopic (exact) mass is 150 g/mol.